The molecule has 4 rings (SSSR count). The molecule has 2 aliphatic rings. The molecule has 0 bridgehead atoms. The lowest BCUT2D eigenvalue weighted by Crippen LogP contribution is -2.52. The summed E-state index contributed by atoms with van der Waals surface area (Å²) in [4.78, 5) is 28.7. The number of hydrogen-bond donors (Lipinski definition) is 2. The summed E-state index contributed by atoms with van der Waals surface area (Å²) in [5, 5.41) is 11.1. The average Bonchev–Trinajstić information content (AvgIpc) is 3.08. The first kappa shape index (κ1) is 17.1. The molecule has 0 unspecified atom stereocenters. The van der Waals surface area contributed by atoms with Crippen LogP contribution in [0.25, 0.3) is 0 Å². The van der Waals surface area contributed by atoms with Crippen LogP contribution in [-0.4, -0.2) is 58.0 Å². The molecule has 0 saturated carbocycles. The number of nitrogens with zero attached hydrogens (tertiary/aromatic N) is 3. The van der Waals surface area contributed by atoms with Crippen molar-refractivity contribution in [2.45, 2.75) is 19.5 Å². The van der Waals surface area contributed by atoms with Crippen molar-refractivity contribution in [3.63, 3.8) is 0 Å². The Hall–Kier alpha value is -2.38. The van der Waals surface area contributed by atoms with Crippen LogP contribution in [-0.2, 0) is 24.3 Å². The predicted molar refractivity (Wildman–Crippen MR) is 96.8 cm³/mol. The van der Waals surface area contributed by atoms with Gasteiger partial charge in [0.25, 0.3) is 5.91 Å². The number of hydrogen-bond acceptors (Lipinski definition) is 4. The molecule has 0 atom stereocenters. The summed E-state index contributed by atoms with van der Waals surface area (Å²) < 4.78 is 0. The summed E-state index contributed by atoms with van der Waals surface area (Å²) in [7, 11) is 0. The van der Waals surface area contributed by atoms with E-state index in [-0.39, 0.29) is 18.4 Å². The van der Waals surface area contributed by atoms with Crippen LogP contribution in [0.1, 0.15) is 27.3 Å². The zero-order valence-electron chi connectivity index (χ0n) is 14.3. The largest absolute Gasteiger partial charge is 0.335 e. The molecule has 0 spiro atoms. The third-order valence-electron chi connectivity index (χ3n) is 4.90. The highest BCUT2D eigenvalue weighted by Crippen LogP contribution is 2.19. The van der Waals surface area contributed by atoms with Crippen molar-refractivity contribution in [3.05, 3.63) is 51.8 Å². The van der Waals surface area contributed by atoms with Crippen LogP contribution in [0.3, 0.4) is 0 Å². The third-order valence-corrected chi connectivity index (χ3v) is 5.15. The van der Waals surface area contributed by atoms with Gasteiger partial charge >= 0.3 is 0 Å². The minimum Gasteiger partial charge on any atom is -0.335 e. The summed E-state index contributed by atoms with van der Waals surface area (Å²) in [6, 6.07) is 7.46. The fourth-order valence-electron chi connectivity index (χ4n) is 3.41. The number of benzene rings is 1. The quantitative estimate of drug-likeness (QED) is 0.847. The molecule has 1 aromatic heterocycles. The van der Waals surface area contributed by atoms with Gasteiger partial charge in [0.05, 0.1) is 0 Å². The predicted octanol–water partition coefficient (Wildman–Crippen LogP) is 1.19. The van der Waals surface area contributed by atoms with Crippen molar-refractivity contribution in [2.24, 2.45) is 0 Å². The molecule has 2 aliphatic heterocycles. The number of amides is 2. The second-order valence-corrected chi connectivity index (χ2v) is 7.06. The highest BCUT2D eigenvalue weighted by atomic mass is 35.5. The van der Waals surface area contributed by atoms with Crippen molar-refractivity contribution < 1.29 is 9.59 Å². The average molecular weight is 374 g/mol. The van der Waals surface area contributed by atoms with Crippen LogP contribution in [0.2, 0.25) is 5.02 Å². The SMILES string of the molecule is O=C1CN(C(=O)c2n[nH]c3c2CNCC3)CCN1Cc1ccc(Cl)cc1. The van der Waals surface area contributed by atoms with E-state index in [1.165, 1.54) is 0 Å². The van der Waals surface area contributed by atoms with E-state index in [0.717, 1.165) is 29.8 Å². The van der Waals surface area contributed by atoms with Gasteiger partial charge < -0.3 is 15.1 Å². The molecule has 2 amide bonds. The molecule has 2 N–H and O–H groups in total. The van der Waals surface area contributed by atoms with E-state index in [0.29, 0.717) is 36.9 Å². The Balaban J connectivity index is 1.42. The van der Waals surface area contributed by atoms with E-state index in [1.807, 2.05) is 24.3 Å². The van der Waals surface area contributed by atoms with E-state index < -0.39 is 0 Å². The summed E-state index contributed by atoms with van der Waals surface area (Å²) >= 11 is 5.90. The number of piperazine rings is 1. The molecule has 8 heteroatoms. The van der Waals surface area contributed by atoms with Gasteiger partial charge in [-0.25, -0.2) is 0 Å². The maximum absolute atomic E-state index is 12.8. The zero-order valence-corrected chi connectivity index (χ0v) is 15.1. The Morgan fingerprint density at radius 1 is 1.23 bits per heavy atom. The van der Waals surface area contributed by atoms with E-state index >= 15 is 0 Å². The standard InChI is InChI=1S/C18H20ClN5O2/c19-13-3-1-12(2-4-13)10-23-7-8-24(11-16(23)25)18(26)17-14-9-20-6-5-15(14)21-22-17/h1-4,20H,5-11H2,(H,21,22). The third kappa shape index (κ3) is 3.32. The molecule has 1 aromatic carbocycles. The first-order chi connectivity index (χ1) is 12.6. The monoisotopic (exact) mass is 373 g/mol. The first-order valence-electron chi connectivity index (χ1n) is 8.70. The van der Waals surface area contributed by atoms with Crippen molar-refractivity contribution in [1.29, 1.82) is 0 Å². The molecular formula is C18H20ClN5O2. The lowest BCUT2D eigenvalue weighted by Gasteiger charge is -2.34. The smallest absolute Gasteiger partial charge is 0.275 e. The van der Waals surface area contributed by atoms with Gasteiger partial charge in [0.2, 0.25) is 5.91 Å². The number of halogens is 1. The number of nitrogens with one attached hydrogen (secondary N) is 2. The van der Waals surface area contributed by atoms with Gasteiger partial charge in [0, 0.05) is 55.4 Å². The summed E-state index contributed by atoms with van der Waals surface area (Å²) in [5.41, 5.74) is 3.40. The molecule has 0 radical (unpaired) electrons. The topological polar surface area (TPSA) is 81.3 Å². The van der Waals surface area contributed by atoms with Crippen molar-refractivity contribution in [1.82, 2.24) is 25.3 Å². The van der Waals surface area contributed by atoms with E-state index in [4.69, 9.17) is 11.6 Å². The Morgan fingerprint density at radius 3 is 2.81 bits per heavy atom. The highest BCUT2D eigenvalue weighted by molar-refractivity contribution is 6.30. The number of aromatic nitrogens is 2. The molecule has 1 saturated heterocycles. The van der Waals surface area contributed by atoms with E-state index in [2.05, 4.69) is 15.5 Å². The second kappa shape index (κ2) is 7.09. The second-order valence-electron chi connectivity index (χ2n) is 6.62. The van der Waals surface area contributed by atoms with Crippen LogP contribution in [0.15, 0.2) is 24.3 Å². The number of aromatic amines is 1. The van der Waals surface area contributed by atoms with Gasteiger partial charge in [-0.2, -0.15) is 5.10 Å². The lowest BCUT2D eigenvalue weighted by molar-refractivity contribution is -0.135. The Morgan fingerprint density at radius 2 is 2.04 bits per heavy atom. The Labute approximate surface area is 156 Å². The summed E-state index contributed by atoms with van der Waals surface area (Å²) in [5.74, 6) is -0.229. The van der Waals surface area contributed by atoms with Crippen LogP contribution in [0.4, 0.5) is 0 Å². The summed E-state index contributed by atoms with van der Waals surface area (Å²) in [6.45, 7) is 3.15. The number of rotatable bonds is 3. The molecule has 7 nitrogen and oxygen atoms in total. The van der Waals surface area contributed by atoms with Crippen LogP contribution < -0.4 is 5.32 Å². The highest BCUT2D eigenvalue weighted by Gasteiger charge is 2.31. The van der Waals surface area contributed by atoms with Crippen LogP contribution in [0, 0.1) is 0 Å². The Kier molecular flexibility index (Phi) is 4.65. The van der Waals surface area contributed by atoms with Gasteiger partial charge in [0.15, 0.2) is 5.69 Å². The van der Waals surface area contributed by atoms with Crippen LogP contribution >= 0.6 is 11.6 Å². The zero-order chi connectivity index (χ0) is 18.1. The maximum atomic E-state index is 12.8. The van der Waals surface area contributed by atoms with Crippen molar-refractivity contribution >= 4 is 23.4 Å². The minimum atomic E-state index is -0.175. The number of fused-ring (bicyclic) bond motifs is 1. The normalized spacial score (nSPS) is 17.3. The van der Waals surface area contributed by atoms with Crippen LogP contribution in [0.5, 0.6) is 0 Å². The molecule has 0 aliphatic carbocycles. The molecule has 1 fully saturated rings. The van der Waals surface area contributed by atoms with Gasteiger partial charge in [-0.3, -0.25) is 14.7 Å². The molecular weight excluding hydrogens is 354 g/mol. The molecule has 2 aromatic rings. The van der Waals surface area contributed by atoms with Gasteiger partial charge in [-0.15, -0.1) is 0 Å². The number of carbonyl (C=O) groups excluding carboxylic acids is 2. The van der Waals surface area contributed by atoms with Gasteiger partial charge in [-0.05, 0) is 17.7 Å². The summed E-state index contributed by atoms with van der Waals surface area (Å²) in [6.07, 6.45) is 0.837. The minimum absolute atomic E-state index is 0.0536. The van der Waals surface area contributed by atoms with Crippen molar-refractivity contribution in [3.8, 4) is 0 Å². The van der Waals surface area contributed by atoms with Gasteiger partial charge in [0.1, 0.15) is 6.54 Å². The first-order valence-corrected chi connectivity index (χ1v) is 9.08. The van der Waals surface area contributed by atoms with E-state index in [1.54, 1.807) is 9.80 Å². The maximum Gasteiger partial charge on any atom is 0.275 e. The number of H-pyrrole nitrogens is 1. The number of carbonyl (C=O) groups is 2. The fourth-order valence-corrected chi connectivity index (χ4v) is 3.54. The fraction of sp³-hybridized carbons (Fsp3) is 0.389. The van der Waals surface area contributed by atoms with E-state index in [9.17, 15) is 9.59 Å². The molecule has 3 heterocycles. The molecule has 26 heavy (non-hydrogen) atoms. The lowest BCUT2D eigenvalue weighted by atomic mass is 10.1. The Bertz CT molecular complexity index is 833. The van der Waals surface area contributed by atoms with Crippen molar-refractivity contribution in [2.75, 3.05) is 26.2 Å². The van der Waals surface area contributed by atoms with Gasteiger partial charge in [-0.1, -0.05) is 23.7 Å². The molecule has 136 valence electrons.